The summed E-state index contributed by atoms with van der Waals surface area (Å²) in [7, 11) is 3.13. The Morgan fingerprint density at radius 3 is 2.00 bits per heavy atom. The highest BCUT2D eigenvalue weighted by atomic mass is 32.2. The van der Waals surface area contributed by atoms with Crippen LogP contribution in [0.2, 0.25) is 0 Å². The van der Waals surface area contributed by atoms with Crippen molar-refractivity contribution >= 4 is 29.3 Å². The zero-order chi connectivity index (χ0) is 29.4. The zero-order valence-corrected chi connectivity index (χ0v) is 24.1. The number of carbonyl (C=O) groups is 2. The summed E-state index contributed by atoms with van der Waals surface area (Å²) in [5.41, 5.74) is 3.37. The summed E-state index contributed by atoms with van der Waals surface area (Å²) >= 11 is 1.20. The van der Waals surface area contributed by atoms with Crippen LogP contribution in [0.3, 0.4) is 0 Å². The predicted octanol–water partition coefficient (Wildman–Crippen LogP) is 5.75. The van der Waals surface area contributed by atoms with Gasteiger partial charge in [-0.25, -0.2) is 14.4 Å². The maximum absolute atomic E-state index is 13.9. The van der Waals surface area contributed by atoms with E-state index in [9.17, 15) is 14.0 Å². The number of ether oxygens (including phenoxy) is 2. The summed E-state index contributed by atoms with van der Waals surface area (Å²) in [5.74, 6) is 0.0937. The molecule has 4 aromatic rings. The zero-order valence-electron chi connectivity index (χ0n) is 23.3. The Morgan fingerprint density at radius 2 is 1.44 bits per heavy atom. The number of aryl methyl sites for hydroxylation is 2. The number of anilines is 1. The Bertz CT molecular complexity index is 1460. The molecule has 0 saturated carbocycles. The van der Waals surface area contributed by atoms with Gasteiger partial charge < -0.3 is 19.7 Å². The Hall–Kier alpha value is -4.44. The molecule has 1 atom stereocenters. The smallest absolute Gasteiger partial charge is 0.251 e. The van der Waals surface area contributed by atoms with Crippen molar-refractivity contribution in [2.75, 3.05) is 25.3 Å². The molecule has 0 aliphatic carbocycles. The minimum absolute atomic E-state index is 0.00738. The lowest BCUT2D eigenvalue weighted by Gasteiger charge is -2.31. The van der Waals surface area contributed by atoms with Crippen molar-refractivity contribution in [1.82, 2.24) is 14.9 Å². The van der Waals surface area contributed by atoms with Gasteiger partial charge in [0.15, 0.2) is 5.16 Å². The van der Waals surface area contributed by atoms with Crippen LogP contribution in [0.1, 0.15) is 28.6 Å². The lowest BCUT2D eigenvalue weighted by atomic mass is 10.0. The lowest BCUT2D eigenvalue weighted by Crippen LogP contribution is -2.41. The van der Waals surface area contributed by atoms with Crippen molar-refractivity contribution in [3.8, 4) is 11.5 Å². The Balaban J connectivity index is 1.69. The summed E-state index contributed by atoms with van der Waals surface area (Å²) in [5, 5.41) is 3.37. The quantitative estimate of drug-likeness (QED) is 0.180. The minimum Gasteiger partial charge on any atom is -0.497 e. The van der Waals surface area contributed by atoms with Crippen LogP contribution in [0.5, 0.6) is 11.5 Å². The van der Waals surface area contributed by atoms with E-state index in [1.807, 2.05) is 32.0 Å². The third-order valence-corrected chi connectivity index (χ3v) is 7.05. The molecule has 0 bridgehead atoms. The highest BCUT2D eigenvalue weighted by molar-refractivity contribution is 7.99. The summed E-state index contributed by atoms with van der Waals surface area (Å²) < 4.78 is 24.4. The van der Waals surface area contributed by atoms with Crippen LogP contribution in [0.15, 0.2) is 84.0 Å². The van der Waals surface area contributed by atoms with E-state index in [-0.39, 0.29) is 18.2 Å². The van der Waals surface area contributed by atoms with Crippen LogP contribution in [-0.2, 0) is 16.1 Å². The predicted molar refractivity (Wildman–Crippen MR) is 157 cm³/mol. The van der Waals surface area contributed by atoms with Gasteiger partial charge >= 0.3 is 0 Å². The average molecular weight is 575 g/mol. The summed E-state index contributed by atoms with van der Waals surface area (Å²) in [4.78, 5) is 38.1. The van der Waals surface area contributed by atoms with E-state index in [0.29, 0.717) is 27.9 Å². The van der Waals surface area contributed by atoms with E-state index < -0.39 is 17.8 Å². The second-order valence-electron chi connectivity index (χ2n) is 9.26. The van der Waals surface area contributed by atoms with Gasteiger partial charge in [0.05, 0.1) is 20.0 Å². The molecule has 0 aliphatic heterocycles. The van der Waals surface area contributed by atoms with E-state index in [2.05, 4.69) is 15.3 Å². The van der Waals surface area contributed by atoms with Crippen LogP contribution in [-0.4, -0.2) is 46.7 Å². The number of benzene rings is 3. The number of aromatic nitrogens is 2. The Kier molecular flexibility index (Phi) is 9.91. The van der Waals surface area contributed by atoms with Gasteiger partial charge in [0.25, 0.3) is 5.91 Å². The van der Waals surface area contributed by atoms with E-state index in [1.54, 1.807) is 50.6 Å². The highest BCUT2D eigenvalue weighted by Crippen LogP contribution is 2.28. The second kappa shape index (κ2) is 13.8. The van der Waals surface area contributed by atoms with Crippen molar-refractivity contribution < 1.29 is 23.5 Å². The van der Waals surface area contributed by atoms with E-state index in [0.717, 1.165) is 17.0 Å². The summed E-state index contributed by atoms with van der Waals surface area (Å²) in [6.07, 6.45) is 0. The number of hydrogen-bond donors (Lipinski definition) is 1. The van der Waals surface area contributed by atoms with E-state index in [1.165, 1.54) is 40.9 Å². The molecule has 0 spiro atoms. The van der Waals surface area contributed by atoms with Crippen LogP contribution < -0.4 is 14.8 Å². The first-order chi connectivity index (χ1) is 19.7. The molecule has 3 aromatic carbocycles. The molecule has 10 heteroatoms. The molecule has 41 heavy (non-hydrogen) atoms. The SMILES string of the molecule is COc1ccc(CN(C(=O)CSc2nc(C)cc(C)n2)C(C(=O)Nc2ccc(OC)cc2)c2ccc(F)cc2)cc1. The first-order valence-corrected chi connectivity index (χ1v) is 13.8. The molecule has 8 nitrogen and oxygen atoms in total. The standard InChI is InChI=1S/C31H31FN4O4S/c1-20-17-21(2)34-31(33-20)41-19-28(37)36(18-22-5-13-26(39-3)14-6-22)29(23-7-9-24(32)10-8-23)30(38)35-25-11-15-27(40-4)16-12-25/h5-17,29H,18-19H2,1-4H3,(H,35,38). The number of rotatable bonds is 11. The topological polar surface area (TPSA) is 93.7 Å². The average Bonchev–Trinajstić information content (AvgIpc) is 2.97. The maximum atomic E-state index is 13.9. The van der Waals surface area contributed by atoms with Crippen LogP contribution in [0, 0.1) is 19.7 Å². The van der Waals surface area contributed by atoms with Crippen molar-refractivity contribution in [1.29, 1.82) is 0 Å². The first-order valence-electron chi connectivity index (χ1n) is 12.8. The molecular weight excluding hydrogens is 543 g/mol. The molecule has 2 amide bonds. The van der Waals surface area contributed by atoms with Crippen LogP contribution in [0.25, 0.3) is 0 Å². The van der Waals surface area contributed by atoms with Crippen molar-refractivity contribution in [3.63, 3.8) is 0 Å². The number of carbonyl (C=O) groups excluding carboxylic acids is 2. The van der Waals surface area contributed by atoms with Crippen molar-refractivity contribution in [2.24, 2.45) is 0 Å². The number of methoxy groups -OCH3 is 2. The number of hydrogen-bond acceptors (Lipinski definition) is 7. The van der Waals surface area contributed by atoms with Crippen LogP contribution in [0.4, 0.5) is 10.1 Å². The summed E-state index contributed by atoms with van der Waals surface area (Å²) in [6.45, 7) is 3.85. The fourth-order valence-corrected chi connectivity index (χ4v) is 5.06. The molecule has 1 heterocycles. The molecule has 0 fully saturated rings. The molecule has 1 aromatic heterocycles. The van der Waals surface area contributed by atoms with Gasteiger partial charge in [-0.1, -0.05) is 36.0 Å². The number of thioether (sulfide) groups is 1. The molecule has 0 radical (unpaired) electrons. The molecule has 212 valence electrons. The van der Waals surface area contributed by atoms with Crippen molar-refractivity contribution in [2.45, 2.75) is 31.6 Å². The fraction of sp³-hybridized carbons (Fsp3) is 0.226. The van der Waals surface area contributed by atoms with Crippen molar-refractivity contribution in [3.05, 3.63) is 107 Å². The largest absolute Gasteiger partial charge is 0.497 e. The molecule has 1 unspecified atom stereocenters. The van der Waals surface area contributed by atoms with Gasteiger partial charge in [-0.2, -0.15) is 0 Å². The third kappa shape index (κ3) is 8.04. The Morgan fingerprint density at radius 1 is 0.878 bits per heavy atom. The van der Waals surface area contributed by atoms with Gasteiger partial charge in [-0.05, 0) is 79.6 Å². The third-order valence-electron chi connectivity index (χ3n) is 6.22. The molecular formula is C31H31FN4O4S. The molecule has 4 rings (SSSR count). The second-order valence-corrected chi connectivity index (χ2v) is 10.2. The number of amides is 2. The van der Waals surface area contributed by atoms with Gasteiger partial charge in [0, 0.05) is 23.6 Å². The van der Waals surface area contributed by atoms with Gasteiger partial charge in [-0.15, -0.1) is 0 Å². The number of nitrogens with one attached hydrogen (secondary N) is 1. The number of halogens is 1. The van der Waals surface area contributed by atoms with Gasteiger partial charge in [0.1, 0.15) is 23.4 Å². The van der Waals surface area contributed by atoms with E-state index in [4.69, 9.17) is 9.47 Å². The van der Waals surface area contributed by atoms with Gasteiger partial charge in [0.2, 0.25) is 5.91 Å². The summed E-state index contributed by atoms with van der Waals surface area (Å²) in [6, 6.07) is 20.5. The Labute approximate surface area is 242 Å². The normalized spacial score (nSPS) is 11.4. The lowest BCUT2D eigenvalue weighted by molar-refractivity contribution is -0.137. The molecule has 0 saturated heterocycles. The fourth-order valence-electron chi connectivity index (χ4n) is 4.22. The maximum Gasteiger partial charge on any atom is 0.251 e. The van der Waals surface area contributed by atoms with Gasteiger partial charge in [-0.3, -0.25) is 9.59 Å². The molecule has 0 aliphatic rings. The first kappa shape index (κ1) is 29.5. The molecule has 1 N–H and O–H groups in total. The monoisotopic (exact) mass is 574 g/mol. The van der Waals surface area contributed by atoms with Crippen LogP contribution >= 0.6 is 11.8 Å². The highest BCUT2D eigenvalue weighted by Gasteiger charge is 2.32. The minimum atomic E-state index is -1.06. The van der Waals surface area contributed by atoms with E-state index >= 15 is 0 Å². The number of nitrogens with zero attached hydrogens (tertiary/aromatic N) is 3.